The predicted octanol–water partition coefficient (Wildman–Crippen LogP) is 20.9. The molecule has 0 fully saturated rings. The molecule has 3 unspecified atom stereocenters. The summed E-state index contributed by atoms with van der Waals surface area (Å²) in [5.74, 6) is -0.168. The number of nitrogens with zero attached hydrogens (tertiary/aromatic N) is 1. The Balaban J connectivity index is 3.92. The van der Waals surface area contributed by atoms with Crippen LogP contribution in [0, 0.1) is 0 Å². The van der Waals surface area contributed by atoms with Crippen LogP contribution in [-0.4, -0.2) is 73.4 Å². The second-order valence-corrected chi connectivity index (χ2v) is 26.0. The quantitative estimate of drug-likeness (QED) is 0.0243. The number of hydrogen-bond donors (Lipinski definition) is 3. The van der Waals surface area contributed by atoms with Crippen molar-refractivity contribution in [2.45, 2.75) is 366 Å². The van der Waals surface area contributed by atoms with E-state index in [2.05, 4.69) is 19.2 Å². The first kappa shape index (κ1) is 74.2. The fraction of sp³-hybridized carbons (Fsp3) is 0.955. The second kappa shape index (κ2) is 57.9. The molecule has 3 atom stereocenters. The Kier molecular flexibility index (Phi) is 57.3. The Morgan fingerprint density at radius 3 is 0.987 bits per heavy atom. The fourth-order valence-corrected chi connectivity index (χ4v) is 11.3. The van der Waals surface area contributed by atoms with Crippen molar-refractivity contribution < 1.29 is 32.9 Å². The summed E-state index contributed by atoms with van der Waals surface area (Å²) < 4.78 is 23.8. The van der Waals surface area contributed by atoms with Crippen LogP contribution < -0.4 is 5.32 Å². The summed E-state index contributed by atoms with van der Waals surface area (Å²) in [6.07, 6.45) is 73.6. The molecule has 1 amide bonds. The van der Waals surface area contributed by atoms with Crippen LogP contribution in [0.3, 0.4) is 0 Å². The molecule has 9 heteroatoms. The lowest BCUT2D eigenvalue weighted by Crippen LogP contribution is -2.45. The van der Waals surface area contributed by atoms with Crippen molar-refractivity contribution in [2.75, 3.05) is 40.9 Å². The van der Waals surface area contributed by atoms with Gasteiger partial charge < -0.3 is 19.8 Å². The summed E-state index contributed by atoms with van der Waals surface area (Å²) in [4.78, 5) is 23.3. The third kappa shape index (κ3) is 60.7. The summed E-state index contributed by atoms with van der Waals surface area (Å²) in [6.45, 7) is 4.87. The van der Waals surface area contributed by atoms with Gasteiger partial charge in [-0.15, -0.1) is 0 Å². The average molecular weight is 1080 g/mol. The van der Waals surface area contributed by atoms with E-state index in [0.717, 1.165) is 32.1 Å². The van der Waals surface area contributed by atoms with Crippen LogP contribution in [0.25, 0.3) is 0 Å². The number of phosphoric ester groups is 1. The molecule has 0 aromatic rings. The SMILES string of the molecule is CCCCCCCCCCCCCCCCC/C=C/C(O)C(COP(=O)(O)OCC[N+](C)(C)C)NC(=O)CCCCCCCCCCCCCCCCCCCCCCCCCCCCCCCCCCCCCC. The smallest absolute Gasteiger partial charge is 0.387 e. The molecular weight excluding hydrogens is 948 g/mol. The van der Waals surface area contributed by atoms with E-state index in [9.17, 15) is 19.4 Å². The largest absolute Gasteiger partial charge is 0.472 e. The van der Waals surface area contributed by atoms with Crippen molar-refractivity contribution in [1.29, 1.82) is 0 Å². The zero-order chi connectivity index (χ0) is 54.9. The molecule has 0 radical (unpaired) electrons. The molecule has 0 heterocycles. The van der Waals surface area contributed by atoms with Gasteiger partial charge in [-0.05, 0) is 19.3 Å². The molecule has 3 N–H and O–H groups in total. The monoisotopic (exact) mass is 1080 g/mol. The van der Waals surface area contributed by atoms with E-state index >= 15 is 0 Å². The molecule has 448 valence electrons. The molecule has 0 aromatic heterocycles. The van der Waals surface area contributed by atoms with Crippen molar-refractivity contribution in [2.24, 2.45) is 0 Å². The van der Waals surface area contributed by atoms with Gasteiger partial charge in [0.1, 0.15) is 13.2 Å². The van der Waals surface area contributed by atoms with Gasteiger partial charge in [-0.25, -0.2) is 4.57 Å². The highest BCUT2D eigenvalue weighted by molar-refractivity contribution is 7.47. The molecule has 75 heavy (non-hydrogen) atoms. The zero-order valence-corrected chi connectivity index (χ0v) is 52.2. The molecule has 0 aliphatic rings. The van der Waals surface area contributed by atoms with Gasteiger partial charge in [0.05, 0.1) is 39.9 Å². The Morgan fingerprint density at radius 1 is 0.440 bits per heavy atom. The van der Waals surface area contributed by atoms with Crippen LogP contribution in [0.2, 0.25) is 0 Å². The standard InChI is InChI=1S/C66H133N2O6P/c1-6-8-10-12-14-16-18-20-22-24-25-26-27-28-29-30-31-32-33-34-35-36-37-38-39-40-41-42-44-46-48-50-52-54-56-58-60-66(70)67-64(63-74-75(71,72)73-62-61-68(3,4)5)65(69)59-57-55-53-51-49-47-45-43-23-21-19-17-15-13-11-9-7-2/h57,59,64-65,69H,6-56,58,60-63H2,1-5H3,(H-,67,70,71,72)/p+1/b59-57+. The summed E-state index contributed by atoms with van der Waals surface area (Å²) in [5.41, 5.74) is 0. The van der Waals surface area contributed by atoms with E-state index in [-0.39, 0.29) is 19.1 Å². The summed E-state index contributed by atoms with van der Waals surface area (Å²) in [5, 5.41) is 14.0. The number of likely N-dealkylation sites (N-methyl/N-ethyl adjacent to an activating group) is 1. The minimum atomic E-state index is -4.34. The van der Waals surface area contributed by atoms with Crippen LogP contribution >= 0.6 is 7.82 Å². The number of aliphatic hydroxyl groups is 1. The van der Waals surface area contributed by atoms with Gasteiger partial charge >= 0.3 is 7.82 Å². The van der Waals surface area contributed by atoms with Gasteiger partial charge in [0.25, 0.3) is 0 Å². The lowest BCUT2D eigenvalue weighted by Gasteiger charge is -2.25. The summed E-state index contributed by atoms with van der Waals surface area (Å²) >= 11 is 0. The summed E-state index contributed by atoms with van der Waals surface area (Å²) in [6, 6.07) is -0.842. The third-order valence-electron chi connectivity index (χ3n) is 15.8. The maximum atomic E-state index is 13.0. The molecule has 0 bridgehead atoms. The molecule has 8 nitrogen and oxygen atoms in total. The van der Waals surface area contributed by atoms with E-state index in [4.69, 9.17) is 9.05 Å². The number of allylic oxidation sites excluding steroid dienone is 1. The van der Waals surface area contributed by atoms with Crippen molar-refractivity contribution in [3.63, 3.8) is 0 Å². The average Bonchev–Trinajstić information content (AvgIpc) is 3.37. The van der Waals surface area contributed by atoms with Crippen molar-refractivity contribution in [3.8, 4) is 0 Å². The van der Waals surface area contributed by atoms with Crippen molar-refractivity contribution in [1.82, 2.24) is 5.32 Å². The number of aliphatic hydroxyl groups excluding tert-OH is 1. The number of quaternary nitrogens is 1. The lowest BCUT2D eigenvalue weighted by atomic mass is 10.0. The lowest BCUT2D eigenvalue weighted by molar-refractivity contribution is -0.870. The van der Waals surface area contributed by atoms with Crippen LogP contribution in [0.5, 0.6) is 0 Å². The Labute approximate surface area is 469 Å². The first-order valence-corrected chi connectivity index (χ1v) is 35.1. The van der Waals surface area contributed by atoms with E-state index in [1.165, 1.54) is 302 Å². The van der Waals surface area contributed by atoms with E-state index < -0.39 is 20.0 Å². The number of carbonyl (C=O) groups is 1. The van der Waals surface area contributed by atoms with Crippen LogP contribution in [0.4, 0.5) is 0 Å². The predicted molar refractivity (Wildman–Crippen MR) is 328 cm³/mol. The Hall–Kier alpha value is -0.760. The fourth-order valence-electron chi connectivity index (χ4n) is 10.5. The first-order chi connectivity index (χ1) is 36.5. The normalized spacial score (nSPS) is 13.7. The van der Waals surface area contributed by atoms with Gasteiger partial charge in [0.15, 0.2) is 0 Å². The van der Waals surface area contributed by atoms with Gasteiger partial charge in [-0.2, -0.15) is 0 Å². The first-order valence-electron chi connectivity index (χ1n) is 33.6. The van der Waals surface area contributed by atoms with Crippen LogP contribution in [0.15, 0.2) is 12.2 Å². The number of rotatable bonds is 63. The molecule has 0 saturated heterocycles. The second-order valence-electron chi connectivity index (χ2n) is 24.6. The molecule has 0 aromatic carbocycles. The van der Waals surface area contributed by atoms with E-state index in [0.29, 0.717) is 17.4 Å². The number of amides is 1. The highest BCUT2D eigenvalue weighted by Gasteiger charge is 2.28. The minimum Gasteiger partial charge on any atom is -0.387 e. The van der Waals surface area contributed by atoms with E-state index in [1.54, 1.807) is 6.08 Å². The number of phosphoric acid groups is 1. The molecule has 0 rings (SSSR count). The van der Waals surface area contributed by atoms with Crippen molar-refractivity contribution >= 4 is 13.7 Å². The maximum absolute atomic E-state index is 13.0. The molecule has 0 aliphatic carbocycles. The minimum absolute atomic E-state index is 0.0653. The van der Waals surface area contributed by atoms with Crippen LogP contribution in [-0.2, 0) is 18.4 Å². The maximum Gasteiger partial charge on any atom is 0.472 e. The highest BCUT2D eigenvalue weighted by atomic mass is 31.2. The third-order valence-corrected chi connectivity index (χ3v) is 16.7. The Morgan fingerprint density at radius 2 is 0.707 bits per heavy atom. The van der Waals surface area contributed by atoms with Gasteiger partial charge in [0, 0.05) is 6.42 Å². The van der Waals surface area contributed by atoms with E-state index in [1.807, 2.05) is 27.2 Å². The molecule has 0 aliphatic heterocycles. The van der Waals surface area contributed by atoms with Gasteiger partial charge in [-0.3, -0.25) is 13.8 Å². The zero-order valence-electron chi connectivity index (χ0n) is 51.3. The summed E-state index contributed by atoms with van der Waals surface area (Å²) in [7, 11) is 1.59. The van der Waals surface area contributed by atoms with Crippen LogP contribution in [0.1, 0.15) is 354 Å². The number of hydrogen-bond acceptors (Lipinski definition) is 5. The molecule has 0 saturated carbocycles. The molecular formula is C66H134N2O6P+. The number of unbranched alkanes of at least 4 members (excludes halogenated alkanes) is 50. The highest BCUT2D eigenvalue weighted by Crippen LogP contribution is 2.43. The number of carbonyl (C=O) groups excluding carboxylic acids is 1. The van der Waals surface area contributed by atoms with Gasteiger partial charge in [0.2, 0.25) is 5.91 Å². The number of nitrogens with one attached hydrogen (secondary N) is 1. The Bertz CT molecular complexity index is 1230. The van der Waals surface area contributed by atoms with Crippen molar-refractivity contribution in [3.05, 3.63) is 12.2 Å². The molecule has 0 spiro atoms. The topological polar surface area (TPSA) is 105 Å². The van der Waals surface area contributed by atoms with Gasteiger partial charge in [-0.1, -0.05) is 341 Å².